The zero-order chi connectivity index (χ0) is 25.7. The van der Waals surface area contributed by atoms with Gasteiger partial charge in [0.1, 0.15) is 23.2 Å². The average Bonchev–Trinajstić information content (AvgIpc) is 3.56. The fraction of sp³-hybridized carbons (Fsp3) is 0.464. The van der Waals surface area contributed by atoms with Gasteiger partial charge >= 0.3 is 5.69 Å². The Morgan fingerprint density at radius 1 is 1.19 bits per heavy atom. The highest BCUT2D eigenvalue weighted by Gasteiger charge is 2.33. The van der Waals surface area contributed by atoms with Crippen LogP contribution in [-0.4, -0.2) is 46.4 Å². The number of rotatable bonds is 5. The highest BCUT2D eigenvalue weighted by atomic mass is 35.5. The molecule has 4 heterocycles. The Bertz CT molecular complexity index is 1520. The molecule has 0 unspecified atom stereocenters. The zero-order valence-electron chi connectivity index (χ0n) is 21.4. The maximum Gasteiger partial charge on any atom is 0.349 e. The fourth-order valence-corrected chi connectivity index (χ4v) is 5.80. The molecule has 194 valence electrons. The van der Waals surface area contributed by atoms with Gasteiger partial charge in [-0.1, -0.05) is 24.6 Å². The van der Waals surface area contributed by atoms with Crippen molar-refractivity contribution in [1.29, 1.82) is 0 Å². The van der Waals surface area contributed by atoms with E-state index in [1.54, 1.807) is 11.6 Å². The molecule has 6 rings (SSSR count). The third kappa shape index (κ3) is 4.46. The molecule has 0 radical (unpaired) electrons. The highest BCUT2D eigenvalue weighted by Crippen LogP contribution is 2.39. The van der Waals surface area contributed by atoms with Crippen molar-refractivity contribution in [2.45, 2.75) is 57.6 Å². The van der Waals surface area contributed by atoms with Crippen molar-refractivity contribution in [1.82, 2.24) is 14.5 Å². The first-order valence-corrected chi connectivity index (χ1v) is 13.4. The summed E-state index contributed by atoms with van der Waals surface area (Å²) in [5, 5.41) is 1.35. The minimum atomic E-state index is -0.300. The molecular weight excluding hydrogens is 492 g/mol. The molecule has 2 fully saturated rings. The molecule has 0 aliphatic carbocycles. The topological polar surface area (TPSA) is 82.6 Å². The molecule has 3 atom stereocenters. The van der Waals surface area contributed by atoms with Crippen LogP contribution in [0.25, 0.3) is 22.0 Å². The van der Waals surface area contributed by atoms with E-state index in [1.165, 1.54) is 5.56 Å². The zero-order valence-corrected chi connectivity index (χ0v) is 22.1. The van der Waals surface area contributed by atoms with Crippen molar-refractivity contribution in [3.05, 3.63) is 57.3 Å². The van der Waals surface area contributed by atoms with Crippen LogP contribution in [0.2, 0.25) is 5.02 Å². The van der Waals surface area contributed by atoms with E-state index in [0.29, 0.717) is 29.8 Å². The van der Waals surface area contributed by atoms with E-state index in [4.69, 9.17) is 30.5 Å². The van der Waals surface area contributed by atoms with Crippen LogP contribution in [0, 0.1) is 6.92 Å². The molecule has 2 aliphatic heterocycles. The van der Waals surface area contributed by atoms with E-state index < -0.39 is 0 Å². The van der Waals surface area contributed by atoms with Gasteiger partial charge in [-0.15, -0.1) is 0 Å². The molecule has 2 aliphatic rings. The second-order valence-corrected chi connectivity index (χ2v) is 10.6. The Hall–Kier alpha value is -3.10. The summed E-state index contributed by atoms with van der Waals surface area (Å²) >= 11 is 6.69. The van der Waals surface area contributed by atoms with Gasteiger partial charge < -0.3 is 18.8 Å². The molecule has 4 aromatic rings. The number of anilines is 1. The minimum Gasteiger partial charge on any atom is -0.486 e. The van der Waals surface area contributed by atoms with E-state index in [9.17, 15) is 4.79 Å². The Labute approximate surface area is 220 Å². The molecule has 37 heavy (non-hydrogen) atoms. The maximum atomic E-state index is 13.0. The van der Waals surface area contributed by atoms with Gasteiger partial charge in [-0.05, 0) is 49.9 Å². The van der Waals surface area contributed by atoms with Crippen LogP contribution < -0.4 is 15.3 Å². The lowest BCUT2D eigenvalue weighted by molar-refractivity contribution is 0.141. The number of hydrogen-bond acceptors (Lipinski definition) is 7. The van der Waals surface area contributed by atoms with Crippen molar-refractivity contribution >= 4 is 39.4 Å². The number of aromatic nitrogens is 3. The number of hydrogen-bond donors (Lipinski definition) is 0. The van der Waals surface area contributed by atoms with Crippen molar-refractivity contribution in [2.24, 2.45) is 7.05 Å². The number of piperidine rings is 1. The van der Waals surface area contributed by atoms with Crippen molar-refractivity contribution in [2.75, 3.05) is 24.7 Å². The third-order valence-electron chi connectivity index (χ3n) is 7.69. The Kier molecular flexibility index (Phi) is 6.32. The first kappa shape index (κ1) is 24.2. The van der Waals surface area contributed by atoms with Gasteiger partial charge in [-0.3, -0.25) is 4.57 Å². The summed E-state index contributed by atoms with van der Waals surface area (Å²) < 4.78 is 19.2. The monoisotopic (exact) mass is 522 g/mol. The number of benzene rings is 2. The minimum absolute atomic E-state index is 0.0347. The standard InChI is InChI=1S/C28H31ClN4O4/c1-4-18-12-17(27-30-22-11-16(2)5-6-24(22)37-27)7-9-33(18)26-20-13-21(29)25(36-19-8-10-35-15-19)14-23(20)32(3)28(34)31-26/h5-6,11,13-14,17-19H,4,7-10,12,15H2,1-3H3/t17-,18-,19+/m1/s1. The molecule has 0 saturated carbocycles. The molecule has 2 saturated heterocycles. The summed E-state index contributed by atoms with van der Waals surface area (Å²) in [5.74, 6) is 2.24. The summed E-state index contributed by atoms with van der Waals surface area (Å²) in [6.07, 6.45) is 3.42. The van der Waals surface area contributed by atoms with Crippen molar-refractivity contribution in [3.63, 3.8) is 0 Å². The average molecular weight is 523 g/mol. The van der Waals surface area contributed by atoms with Crippen LogP contribution in [0.5, 0.6) is 5.75 Å². The van der Waals surface area contributed by atoms with Crippen LogP contribution in [0.4, 0.5) is 5.82 Å². The quantitative estimate of drug-likeness (QED) is 0.348. The SMILES string of the molecule is CC[C@@H]1C[C@H](c2nc3cc(C)ccc3o2)CCN1c1nc(=O)n(C)c2cc(O[C@H]3CCOC3)c(Cl)cc12. The normalized spacial score (nSPS) is 22.3. The molecule has 2 aromatic carbocycles. The number of aryl methyl sites for hydroxylation is 2. The number of ether oxygens (including phenoxy) is 2. The number of oxazole rings is 1. The lowest BCUT2D eigenvalue weighted by Crippen LogP contribution is -2.43. The van der Waals surface area contributed by atoms with Crippen LogP contribution in [0.1, 0.15) is 50.0 Å². The predicted molar refractivity (Wildman–Crippen MR) is 144 cm³/mol. The lowest BCUT2D eigenvalue weighted by atomic mass is 9.89. The Morgan fingerprint density at radius 2 is 2.05 bits per heavy atom. The van der Waals surface area contributed by atoms with Gasteiger partial charge in [-0.25, -0.2) is 9.78 Å². The van der Waals surface area contributed by atoms with Gasteiger partial charge in [0.25, 0.3) is 0 Å². The first-order chi connectivity index (χ1) is 17.9. The maximum absolute atomic E-state index is 13.0. The van der Waals surface area contributed by atoms with E-state index in [1.807, 2.05) is 24.3 Å². The molecule has 0 N–H and O–H groups in total. The van der Waals surface area contributed by atoms with E-state index in [2.05, 4.69) is 29.8 Å². The second kappa shape index (κ2) is 9.65. The van der Waals surface area contributed by atoms with Gasteiger partial charge in [0, 0.05) is 43.4 Å². The molecular formula is C28H31ClN4O4. The predicted octanol–water partition coefficient (Wildman–Crippen LogP) is 5.37. The van der Waals surface area contributed by atoms with Gasteiger partial charge in [0.05, 0.1) is 23.8 Å². The van der Waals surface area contributed by atoms with Crippen molar-refractivity contribution in [3.8, 4) is 5.75 Å². The summed E-state index contributed by atoms with van der Waals surface area (Å²) in [5.41, 5.74) is 3.35. The van der Waals surface area contributed by atoms with Crippen LogP contribution in [0.3, 0.4) is 0 Å². The van der Waals surface area contributed by atoms with Crippen LogP contribution >= 0.6 is 11.6 Å². The lowest BCUT2D eigenvalue weighted by Gasteiger charge is -2.39. The van der Waals surface area contributed by atoms with Crippen molar-refractivity contribution < 1.29 is 13.9 Å². The molecule has 0 bridgehead atoms. The molecule has 2 aromatic heterocycles. The van der Waals surface area contributed by atoms with Crippen LogP contribution in [0.15, 0.2) is 39.5 Å². The Morgan fingerprint density at radius 3 is 2.84 bits per heavy atom. The summed E-state index contributed by atoms with van der Waals surface area (Å²) in [4.78, 5) is 24.5. The molecule has 0 amide bonds. The second-order valence-electron chi connectivity index (χ2n) is 10.2. The Balaban J connectivity index is 1.33. The van der Waals surface area contributed by atoms with Gasteiger partial charge in [0.2, 0.25) is 0 Å². The summed E-state index contributed by atoms with van der Waals surface area (Å²) in [6, 6.07) is 10.0. The number of halogens is 1. The number of fused-ring (bicyclic) bond motifs is 2. The smallest absolute Gasteiger partial charge is 0.349 e. The largest absolute Gasteiger partial charge is 0.486 e. The fourth-order valence-electron chi connectivity index (χ4n) is 5.59. The third-order valence-corrected chi connectivity index (χ3v) is 7.99. The van der Waals surface area contributed by atoms with Gasteiger partial charge in [-0.2, -0.15) is 4.98 Å². The van der Waals surface area contributed by atoms with E-state index in [-0.39, 0.29) is 23.8 Å². The number of nitrogens with zero attached hydrogens (tertiary/aromatic N) is 4. The van der Waals surface area contributed by atoms with Crippen LogP contribution in [-0.2, 0) is 11.8 Å². The van der Waals surface area contributed by atoms with E-state index >= 15 is 0 Å². The first-order valence-electron chi connectivity index (χ1n) is 13.0. The summed E-state index contributed by atoms with van der Waals surface area (Å²) in [6.45, 7) is 6.19. The molecule has 9 heteroatoms. The van der Waals surface area contributed by atoms with Gasteiger partial charge in [0.15, 0.2) is 11.5 Å². The summed E-state index contributed by atoms with van der Waals surface area (Å²) in [7, 11) is 1.73. The van der Waals surface area contributed by atoms with E-state index in [0.717, 1.165) is 60.1 Å². The highest BCUT2D eigenvalue weighted by molar-refractivity contribution is 6.33. The molecule has 8 nitrogen and oxygen atoms in total. The molecule has 0 spiro atoms.